The molecule has 2 N–H and O–H groups in total. The highest BCUT2D eigenvalue weighted by atomic mass is 16.5. The van der Waals surface area contributed by atoms with Crippen LogP contribution < -0.4 is 9.47 Å². The van der Waals surface area contributed by atoms with E-state index in [1.807, 2.05) is 31.2 Å². The molecule has 38 heavy (non-hydrogen) atoms. The van der Waals surface area contributed by atoms with Gasteiger partial charge in [0.25, 0.3) is 0 Å². The zero-order valence-corrected chi connectivity index (χ0v) is 23.6. The predicted octanol–water partition coefficient (Wildman–Crippen LogP) is 5.52. The smallest absolute Gasteiger partial charge is 0.208 e. The molecule has 3 rings (SSSR count). The van der Waals surface area contributed by atoms with Gasteiger partial charge in [0.2, 0.25) is 5.78 Å². The number of aliphatic hydroxyl groups is 2. The Labute approximate surface area is 227 Å². The maximum atomic E-state index is 13.5. The molecular weight excluding hydrogens is 480 g/mol. The van der Waals surface area contributed by atoms with Crippen LogP contribution in [-0.4, -0.2) is 72.4 Å². The molecule has 7 heteroatoms. The third-order valence-electron chi connectivity index (χ3n) is 7.28. The van der Waals surface area contributed by atoms with Crippen molar-refractivity contribution in [1.82, 2.24) is 9.80 Å². The molecule has 1 aliphatic rings. The second-order valence-corrected chi connectivity index (χ2v) is 10.0. The molecule has 0 radical (unpaired) electrons. The van der Waals surface area contributed by atoms with E-state index in [4.69, 9.17) is 9.47 Å². The number of rotatable bonds is 14. The minimum Gasteiger partial charge on any atom is -0.507 e. The number of likely N-dealkylation sites (tertiary alicyclic amines) is 1. The van der Waals surface area contributed by atoms with Crippen LogP contribution in [0.15, 0.2) is 48.0 Å². The largest absolute Gasteiger partial charge is 0.507 e. The standard InChI is InChI=1S/C31H44N2O5/c1-6-8-17-32(18-9-7-2)19-10-20-33-28(25-16-15-24(37-4)21-26(25)38-5)27(30(35)31(33)36)29(34)23-13-11-22(3)12-14-23/h11-16,21,28,31,34,36H,6-10,17-20H2,1-5H3/t28-,31+/m0/s1. The van der Waals surface area contributed by atoms with Crippen molar-refractivity contribution < 1.29 is 24.5 Å². The number of Topliss-reactive ketones (excluding diaryl/α,β-unsaturated/α-hetero) is 1. The molecule has 2 aromatic rings. The van der Waals surface area contributed by atoms with E-state index in [-0.39, 0.29) is 11.3 Å². The molecular formula is C31H44N2O5. The van der Waals surface area contributed by atoms with E-state index in [0.29, 0.717) is 29.2 Å². The van der Waals surface area contributed by atoms with E-state index in [1.54, 1.807) is 37.3 Å². The molecule has 1 aliphatic heterocycles. The predicted molar refractivity (Wildman–Crippen MR) is 152 cm³/mol. The first-order valence-electron chi connectivity index (χ1n) is 13.8. The van der Waals surface area contributed by atoms with Crippen molar-refractivity contribution >= 4 is 11.5 Å². The van der Waals surface area contributed by atoms with Gasteiger partial charge in [0.15, 0.2) is 6.23 Å². The van der Waals surface area contributed by atoms with Crippen LogP contribution in [0.3, 0.4) is 0 Å². The minimum atomic E-state index is -1.35. The zero-order chi connectivity index (χ0) is 27.7. The lowest BCUT2D eigenvalue weighted by Gasteiger charge is -2.29. The van der Waals surface area contributed by atoms with Gasteiger partial charge in [-0.3, -0.25) is 9.69 Å². The molecule has 1 fully saturated rings. The van der Waals surface area contributed by atoms with E-state index < -0.39 is 18.1 Å². The highest BCUT2D eigenvalue weighted by Crippen LogP contribution is 2.45. The van der Waals surface area contributed by atoms with Crippen LogP contribution >= 0.6 is 0 Å². The van der Waals surface area contributed by atoms with Gasteiger partial charge in [0, 0.05) is 23.7 Å². The van der Waals surface area contributed by atoms with Gasteiger partial charge in [-0.05, 0) is 58.0 Å². The van der Waals surface area contributed by atoms with Crippen molar-refractivity contribution in [3.63, 3.8) is 0 Å². The Bertz CT molecular complexity index is 1070. The fourth-order valence-corrected chi connectivity index (χ4v) is 5.05. The number of benzene rings is 2. The van der Waals surface area contributed by atoms with E-state index in [1.165, 1.54) is 0 Å². The number of carbonyl (C=O) groups excluding carboxylic acids is 1. The monoisotopic (exact) mass is 524 g/mol. The number of ether oxygens (including phenoxy) is 2. The summed E-state index contributed by atoms with van der Waals surface area (Å²) < 4.78 is 11.1. The molecule has 2 aromatic carbocycles. The summed E-state index contributed by atoms with van der Waals surface area (Å²) in [6, 6.07) is 12.1. The second-order valence-electron chi connectivity index (χ2n) is 10.0. The number of nitrogens with zero attached hydrogens (tertiary/aromatic N) is 2. The highest BCUT2D eigenvalue weighted by Gasteiger charge is 2.47. The molecule has 0 aromatic heterocycles. The lowest BCUT2D eigenvalue weighted by molar-refractivity contribution is -0.127. The van der Waals surface area contributed by atoms with Crippen LogP contribution in [0.1, 0.15) is 68.7 Å². The number of unbranched alkanes of at least 4 members (excludes halogenated alkanes) is 2. The van der Waals surface area contributed by atoms with Crippen molar-refractivity contribution in [2.75, 3.05) is 40.4 Å². The lowest BCUT2D eigenvalue weighted by Crippen LogP contribution is -2.37. The summed E-state index contributed by atoms with van der Waals surface area (Å²) in [5.41, 5.74) is 2.46. The Morgan fingerprint density at radius 2 is 1.58 bits per heavy atom. The number of hydrogen-bond acceptors (Lipinski definition) is 7. The van der Waals surface area contributed by atoms with E-state index >= 15 is 0 Å². The molecule has 2 atom stereocenters. The normalized spacial score (nSPS) is 19.3. The van der Waals surface area contributed by atoms with E-state index in [9.17, 15) is 15.0 Å². The summed E-state index contributed by atoms with van der Waals surface area (Å²) in [7, 11) is 3.15. The van der Waals surface area contributed by atoms with Gasteiger partial charge >= 0.3 is 0 Å². The molecule has 0 amide bonds. The van der Waals surface area contributed by atoms with Crippen LogP contribution in [0.25, 0.3) is 5.76 Å². The Morgan fingerprint density at radius 1 is 0.947 bits per heavy atom. The topological polar surface area (TPSA) is 82.5 Å². The number of aliphatic hydroxyl groups excluding tert-OH is 2. The van der Waals surface area contributed by atoms with Crippen LogP contribution in [0.2, 0.25) is 0 Å². The van der Waals surface area contributed by atoms with Crippen LogP contribution in [-0.2, 0) is 4.79 Å². The second kappa shape index (κ2) is 14.3. The fraction of sp³-hybridized carbons (Fsp3) is 0.516. The lowest BCUT2D eigenvalue weighted by atomic mass is 9.94. The van der Waals surface area contributed by atoms with Crippen molar-refractivity contribution in [3.05, 3.63) is 64.7 Å². The first-order chi connectivity index (χ1) is 18.4. The van der Waals surface area contributed by atoms with Crippen molar-refractivity contribution in [3.8, 4) is 11.5 Å². The highest BCUT2D eigenvalue weighted by molar-refractivity contribution is 6.07. The first kappa shape index (κ1) is 29.7. The summed E-state index contributed by atoms with van der Waals surface area (Å²) in [6.07, 6.45) is 4.02. The first-order valence-corrected chi connectivity index (χ1v) is 13.8. The van der Waals surface area contributed by atoms with Gasteiger partial charge in [-0.25, -0.2) is 0 Å². The maximum absolute atomic E-state index is 13.5. The molecule has 0 bridgehead atoms. The van der Waals surface area contributed by atoms with Crippen LogP contribution in [0, 0.1) is 6.92 Å². The van der Waals surface area contributed by atoms with Crippen molar-refractivity contribution in [2.45, 2.75) is 65.1 Å². The molecule has 0 aliphatic carbocycles. The van der Waals surface area contributed by atoms with Gasteiger partial charge in [-0.1, -0.05) is 56.5 Å². The number of ketones is 1. The van der Waals surface area contributed by atoms with Crippen molar-refractivity contribution in [2.24, 2.45) is 0 Å². The van der Waals surface area contributed by atoms with Gasteiger partial charge in [0.05, 0.1) is 25.8 Å². The number of hydrogen-bond donors (Lipinski definition) is 2. The van der Waals surface area contributed by atoms with E-state index in [0.717, 1.165) is 57.3 Å². The average Bonchev–Trinajstić information content (AvgIpc) is 3.18. The Hall–Kier alpha value is -2.87. The summed E-state index contributed by atoms with van der Waals surface area (Å²) >= 11 is 0. The summed E-state index contributed by atoms with van der Waals surface area (Å²) in [4.78, 5) is 17.8. The van der Waals surface area contributed by atoms with Crippen LogP contribution in [0.4, 0.5) is 0 Å². The van der Waals surface area contributed by atoms with Gasteiger partial charge in [-0.15, -0.1) is 0 Å². The van der Waals surface area contributed by atoms with E-state index in [2.05, 4.69) is 18.7 Å². The summed E-state index contributed by atoms with van der Waals surface area (Å²) in [6.45, 7) is 9.84. The third-order valence-corrected chi connectivity index (χ3v) is 7.28. The Morgan fingerprint density at radius 3 is 2.16 bits per heavy atom. The molecule has 208 valence electrons. The Kier molecular flexibility index (Phi) is 11.2. The van der Waals surface area contributed by atoms with Crippen molar-refractivity contribution in [1.29, 1.82) is 0 Å². The molecule has 0 saturated carbocycles. The Balaban J connectivity index is 1.99. The molecule has 7 nitrogen and oxygen atoms in total. The molecule has 1 heterocycles. The minimum absolute atomic E-state index is 0.119. The summed E-state index contributed by atoms with van der Waals surface area (Å²) in [5.74, 6) is 0.549. The molecule has 0 unspecified atom stereocenters. The number of aryl methyl sites for hydroxylation is 1. The molecule has 1 saturated heterocycles. The fourth-order valence-electron chi connectivity index (χ4n) is 5.05. The van der Waals surface area contributed by atoms with Gasteiger partial charge < -0.3 is 24.6 Å². The maximum Gasteiger partial charge on any atom is 0.208 e. The average molecular weight is 525 g/mol. The van der Waals surface area contributed by atoms with Gasteiger partial charge in [-0.2, -0.15) is 0 Å². The SMILES string of the molecule is CCCCN(CCCC)CCCN1[C@H](O)C(=O)C(=C(O)c2ccc(C)cc2)[C@@H]1c1ccc(OC)cc1OC. The quantitative estimate of drug-likeness (QED) is 0.249. The van der Waals surface area contributed by atoms with Gasteiger partial charge in [0.1, 0.15) is 17.3 Å². The number of methoxy groups -OCH3 is 2. The zero-order valence-electron chi connectivity index (χ0n) is 23.6. The number of carbonyl (C=O) groups is 1. The molecule has 0 spiro atoms. The summed E-state index contributed by atoms with van der Waals surface area (Å²) in [5, 5.41) is 22.5. The van der Waals surface area contributed by atoms with Crippen LogP contribution in [0.5, 0.6) is 11.5 Å². The third kappa shape index (κ3) is 6.95.